The Bertz CT molecular complexity index is 840. The first-order valence-corrected chi connectivity index (χ1v) is 6.62. The Morgan fingerprint density at radius 3 is 2.90 bits per heavy atom. The van der Waals surface area contributed by atoms with E-state index in [0.29, 0.717) is 11.5 Å². The second-order valence-electron chi connectivity index (χ2n) is 4.63. The van der Waals surface area contributed by atoms with E-state index in [0.717, 1.165) is 28.8 Å². The molecule has 0 saturated heterocycles. The maximum absolute atomic E-state index is 11.4. The average molecular weight is 285 g/mol. The summed E-state index contributed by atoms with van der Waals surface area (Å²) in [5, 5.41) is 10.6. The van der Waals surface area contributed by atoms with Crippen LogP contribution in [-0.2, 0) is 11.2 Å². The molecule has 0 atom stereocenters. The molecule has 0 bridgehead atoms. The number of methoxy groups -OCH3 is 1. The molecule has 0 saturated carbocycles. The first kappa shape index (κ1) is 13.3. The van der Waals surface area contributed by atoms with Crippen molar-refractivity contribution >= 4 is 28.4 Å². The zero-order chi connectivity index (χ0) is 15.0. The number of rotatable bonds is 3. The minimum Gasteiger partial charge on any atom is -0.496 e. The van der Waals surface area contributed by atoms with Crippen molar-refractivity contribution in [2.75, 3.05) is 12.4 Å². The molecule has 1 N–H and O–H groups in total. The largest absolute Gasteiger partial charge is 0.496 e. The number of anilines is 1. The number of ether oxygens (including phenoxy) is 1. The number of hydrogen-bond donors (Lipinski definition) is 1. The Morgan fingerprint density at radius 1 is 1.43 bits per heavy atom. The van der Waals surface area contributed by atoms with Gasteiger partial charge in [0.25, 0.3) is 0 Å². The lowest BCUT2D eigenvalue weighted by Crippen LogP contribution is -2.10. The summed E-state index contributed by atoms with van der Waals surface area (Å²) in [6.07, 6.45) is 2.37. The highest BCUT2D eigenvalue weighted by Crippen LogP contribution is 2.29. The summed E-state index contributed by atoms with van der Waals surface area (Å²) in [6.45, 7) is 3.47. The van der Waals surface area contributed by atoms with Crippen LogP contribution in [0.4, 0.5) is 5.82 Å². The molecule has 0 unspecified atom stereocenters. The number of benzene rings is 1. The first-order valence-electron chi connectivity index (χ1n) is 6.62. The number of nitrogens with one attached hydrogen (secondary N) is 1. The highest BCUT2D eigenvalue weighted by Gasteiger charge is 2.15. The fourth-order valence-corrected chi connectivity index (χ4v) is 2.44. The van der Waals surface area contributed by atoms with E-state index in [1.165, 1.54) is 6.92 Å². The van der Waals surface area contributed by atoms with E-state index >= 15 is 0 Å². The van der Waals surface area contributed by atoms with Crippen LogP contribution in [0, 0.1) is 0 Å². The fraction of sp³-hybridized carbons (Fsp3) is 0.286. The van der Waals surface area contributed by atoms with Crippen molar-refractivity contribution in [3.05, 3.63) is 24.0 Å². The highest BCUT2D eigenvalue weighted by molar-refractivity contribution is 5.94. The Labute approximate surface area is 121 Å². The second kappa shape index (κ2) is 5.01. The number of aromatic nitrogens is 4. The molecular formula is C14H15N5O2. The number of aryl methyl sites for hydroxylation is 1. The van der Waals surface area contributed by atoms with E-state index in [4.69, 9.17) is 4.74 Å². The summed E-state index contributed by atoms with van der Waals surface area (Å²) < 4.78 is 7.20. The summed E-state index contributed by atoms with van der Waals surface area (Å²) in [4.78, 5) is 15.9. The van der Waals surface area contributed by atoms with Gasteiger partial charge in [-0.1, -0.05) is 6.92 Å². The first-order chi connectivity index (χ1) is 10.2. The van der Waals surface area contributed by atoms with Crippen LogP contribution in [0.25, 0.3) is 16.7 Å². The lowest BCUT2D eigenvalue weighted by molar-refractivity contribution is -0.114. The summed E-state index contributed by atoms with van der Waals surface area (Å²) >= 11 is 0. The molecular weight excluding hydrogens is 270 g/mol. The lowest BCUT2D eigenvalue weighted by atomic mass is 10.1. The molecule has 108 valence electrons. The van der Waals surface area contributed by atoms with Crippen LogP contribution in [0.2, 0.25) is 0 Å². The fourth-order valence-electron chi connectivity index (χ4n) is 2.44. The summed E-state index contributed by atoms with van der Waals surface area (Å²) in [5.41, 5.74) is 3.15. The van der Waals surface area contributed by atoms with Crippen molar-refractivity contribution in [2.24, 2.45) is 0 Å². The number of carbonyl (C=O) groups excluding carboxylic acids is 1. The Hall–Kier alpha value is -2.70. The normalized spacial score (nSPS) is 11.0. The molecule has 21 heavy (non-hydrogen) atoms. The SMILES string of the molecule is CCc1c(OC)ccc2c1nc(NC(C)=O)c1nncn12. The van der Waals surface area contributed by atoms with E-state index in [9.17, 15) is 4.79 Å². The molecule has 0 spiro atoms. The molecule has 3 aromatic rings. The zero-order valence-corrected chi connectivity index (χ0v) is 12.0. The summed E-state index contributed by atoms with van der Waals surface area (Å²) in [7, 11) is 1.63. The van der Waals surface area contributed by atoms with Gasteiger partial charge >= 0.3 is 0 Å². The van der Waals surface area contributed by atoms with E-state index in [2.05, 4.69) is 20.5 Å². The summed E-state index contributed by atoms with van der Waals surface area (Å²) in [5.74, 6) is 0.974. The standard InChI is InChI=1S/C14H15N5O2/c1-4-9-11(21-3)6-5-10-12(9)17-13(16-8(2)20)14-18-15-7-19(10)14/h5-7H,4H2,1-3H3,(H,16,17,20). The monoisotopic (exact) mass is 285 g/mol. The quantitative estimate of drug-likeness (QED) is 0.793. The van der Waals surface area contributed by atoms with Crippen LogP contribution in [0.3, 0.4) is 0 Å². The third-order valence-electron chi connectivity index (χ3n) is 3.33. The number of nitrogens with zero attached hydrogens (tertiary/aromatic N) is 4. The Balaban J connectivity index is 2.41. The maximum atomic E-state index is 11.4. The molecule has 0 fully saturated rings. The van der Waals surface area contributed by atoms with Gasteiger partial charge in [-0.25, -0.2) is 4.98 Å². The van der Waals surface area contributed by atoms with Gasteiger partial charge in [-0.15, -0.1) is 10.2 Å². The number of fused-ring (bicyclic) bond motifs is 3. The van der Waals surface area contributed by atoms with Gasteiger partial charge in [0.05, 0.1) is 18.1 Å². The van der Waals surface area contributed by atoms with Gasteiger partial charge in [0.15, 0.2) is 5.82 Å². The molecule has 0 aliphatic carbocycles. The van der Waals surface area contributed by atoms with E-state index in [-0.39, 0.29) is 5.91 Å². The van der Waals surface area contributed by atoms with Gasteiger partial charge in [0, 0.05) is 12.5 Å². The molecule has 2 heterocycles. The third-order valence-corrected chi connectivity index (χ3v) is 3.33. The predicted molar refractivity (Wildman–Crippen MR) is 78.5 cm³/mol. The van der Waals surface area contributed by atoms with Gasteiger partial charge in [-0.3, -0.25) is 9.20 Å². The van der Waals surface area contributed by atoms with Crippen LogP contribution in [-0.4, -0.2) is 32.6 Å². The predicted octanol–water partition coefficient (Wildman–Crippen LogP) is 1.81. The number of hydrogen-bond acceptors (Lipinski definition) is 5. The van der Waals surface area contributed by atoms with Crippen LogP contribution in [0.5, 0.6) is 5.75 Å². The van der Waals surface area contributed by atoms with Crippen molar-refractivity contribution in [1.82, 2.24) is 19.6 Å². The average Bonchev–Trinajstić information content (AvgIpc) is 2.95. The van der Waals surface area contributed by atoms with Crippen molar-refractivity contribution < 1.29 is 9.53 Å². The Morgan fingerprint density at radius 2 is 2.24 bits per heavy atom. The second-order valence-corrected chi connectivity index (χ2v) is 4.63. The van der Waals surface area contributed by atoms with Crippen LogP contribution in [0.15, 0.2) is 18.5 Å². The molecule has 1 aromatic carbocycles. The number of carbonyl (C=O) groups is 1. The molecule has 0 aliphatic heterocycles. The van der Waals surface area contributed by atoms with Gasteiger partial charge in [-0.05, 0) is 18.6 Å². The van der Waals surface area contributed by atoms with E-state index in [1.54, 1.807) is 13.4 Å². The Kier molecular flexibility index (Phi) is 3.17. The molecule has 2 aromatic heterocycles. The highest BCUT2D eigenvalue weighted by atomic mass is 16.5. The van der Waals surface area contributed by atoms with Gasteiger partial charge in [-0.2, -0.15) is 0 Å². The maximum Gasteiger partial charge on any atom is 0.222 e. The van der Waals surface area contributed by atoms with Crippen LogP contribution >= 0.6 is 0 Å². The van der Waals surface area contributed by atoms with Crippen molar-refractivity contribution in [1.29, 1.82) is 0 Å². The molecule has 0 radical (unpaired) electrons. The van der Waals surface area contributed by atoms with Crippen LogP contribution in [0.1, 0.15) is 19.4 Å². The molecule has 7 heteroatoms. The van der Waals surface area contributed by atoms with Crippen LogP contribution < -0.4 is 10.1 Å². The van der Waals surface area contributed by atoms with Gasteiger partial charge < -0.3 is 10.1 Å². The van der Waals surface area contributed by atoms with Crippen molar-refractivity contribution in [3.8, 4) is 5.75 Å². The van der Waals surface area contributed by atoms with E-state index in [1.807, 2.05) is 23.5 Å². The molecule has 1 amide bonds. The van der Waals surface area contributed by atoms with Gasteiger partial charge in [0.1, 0.15) is 12.1 Å². The molecule has 0 aliphatic rings. The van der Waals surface area contributed by atoms with Crippen molar-refractivity contribution in [2.45, 2.75) is 20.3 Å². The number of amides is 1. The lowest BCUT2D eigenvalue weighted by Gasteiger charge is -2.12. The van der Waals surface area contributed by atoms with E-state index < -0.39 is 0 Å². The zero-order valence-electron chi connectivity index (χ0n) is 12.0. The van der Waals surface area contributed by atoms with Gasteiger partial charge in [0.2, 0.25) is 11.6 Å². The minimum absolute atomic E-state index is 0.201. The topological polar surface area (TPSA) is 81.4 Å². The third kappa shape index (κ3) is 2.06. The smallest absolute Gasteiger partial charge is 0.222 e. The summed E-state index contributed by atoms with van der Waals surface area (Å²) in [6, 6.07) is 3.81. The van der Waals surface area contributed by atoms with Crippen molar-refractivity contribution in [3.63, 3.8) is 0 Å². The molecule has 3 rings (SSSR count). The minimum atomic E-state index is -0.201. The molecule has 7 nitrogen and oxygen atoms in total.